The second kappa shape index (κ2) is 16.2. The maximum absolute atomic E-state index is 12.9. The molecule has 0 aromatic rings. The van der Waals surface area contributed by atoms with Gasteiger partial charge in [-0.2, -0.15) is 0 Å². The number of carbonyl (C=O) groups is 5. The number of aliphatic carboxylic acids is 2. The molecule has 0 aliphatic rings. The van der Waals surface area contributed by atoms with Gasteiger partial charge in [0.05, 0.1) is 12.6 Å². The summed E-state index contributed by atoms with van der Waals surface area (Å²) in [7, 11) is 0. The molecule has 202 valence electrons. The van der Waals surface area contributed by atoms with Gasteiger partial charge in [0.15, 0.2) is 11.6 Å². The molecule has 12 N–H and O–H groups in total. The number of ketones is 2. The maximum Gasteiger partial charge on any atom is 0.320 e. The molecule has 0 aliphatic carbocycles. The van der Waals surface area contributed by atoms with E-state index in [4.69, 9.17) is 26.8 Å². The van der Waals surface area contributed by atoms with Crippen molar-refractivity contribution < 1.29 is 54.6 Å². The SMILES string of the molecule is C[C@H](NC(=O)CC[C@H](N)C(=O)O)C(=O)C(NCCCC[C@H](N)C(=O)O)C(=O)[C@@H](O)[C@H](O)[C@H](O)CO. The van der Waals surface area contributed by atoms with Crippen molar-refractivity contribution in [3.8, 4) is 0 Å². The lowest BCUT2D eigenvalue weighted by molar-refractivity contribution is -0.146. The molecule has 0 rings (SSSR count). The Morgan fingerprint density at radius 2 is 1.40 bits per heavy atom. The van der Waals surface area contributed by atoms with E-state index in [-0.39, 0.29) is 32.2 Å². The summed E-state index contributed by atoms with van der Waals surface area (Å²) in [5.41, 5.74) is 10.7. The predicted molar refractivity (Wildman–Crippen MR) is 119 cm³/mol. The fraction of sp³-hybridized carbons (Fsp3) is 0.750. The molecule has 0 heterocycles. The number of hydrogen-bond donors (Lipinski definition) is 10. The first-order valence-electron chi connectivity index (χ1n) is 11.0. The van der Waals surface area contributed by atoms with Crippen molar-refractivity contribution in [2.45, 2.75) is 81.5 Å². The first-order valence-corrected chi connectivity index (χ1v) is 11.0. The lowest BCUT2D eigenvalue weighted by Gasteiger charge is -2.26. The number of rotatable bonds is 19. The van der Waals surface area contributed by atoms with E-state index in [9.17, 15) is 39.3 Å². The average Bonchev–Trinajstić information content (AvgIpc) is 2.81. The Balaban J connectivity index is 5.25. The third kappa shape index (κ3) is 11.6. The molecule has 0 fully saturated rings. The third-order valence-electron chi connectivity index (χ3n) is 5.18. The number of amides is 1. The van der Waals surface area contributed by atoms with Crippen LogP contribution < -0.4 is 22.1 Å². The van der Waals surface area contributed by atoms with Crippen molar-refractivity contribution in [2.75, 3.05) is 13.2 Å². The van der Waals surface area contributed by atoms with Gasteiger partial charge in [-0.3, -0.25) is 24.0 Å². The predicted octanol–water partition coefficient (Wildman–Crippen LogP) is -4.56. The summed E-state index contributed by atoms with van der Waals surface area (Å²) in [4.78, 5) is 59.1. The van der Waals surface area contributed by atoms with Crippen molar-refractivity contribution in [1.82, 2.24) is 10.6 Å². The number of carbonyl (C=O) groups excluding carboxylic acids is 3. The zero-order valence-electron chi connectivity index (χ0n) is 19.4. The molecule has 15 nitrogen and oxygen atoms in total. The van der Waals surface area contributed by atoms with Crippen molar-refractivity contribution in [3.63, 3.8) is 0 Å². The van der Waals surface area contributed by atoms with Crippen LogP contribution in [0.4, 0.5) is 0 Å². The van der Waals surface area contributed by atoms with Crippen molar-refractivity contribution in [2.24, 2.45) is 11.5 Å². The molecule has 0 aromatic heterocycles. The topological polar surface area (TPSA) is 283 Å². The molecule has 35 heavy (non-hydrogen) atoms. The number of nitrogens with one attached hydrogen (secondary N) is 2. The Morgan fingerprint density at radius 1 is 0.857 bits per heavy atom. The highest BCUT2D eigenvalue weighted by atomic mass is 16.4. The summed E-state index contributed by atoms with van der Waals surface area (Å²) in [5.74, 6) is -5.34. The van der Waals surface area contributed by atoms with E-state index in [0.717, 1.165) is 0 Å². The largest absolute Gasteiger partial charge is 0.480 e. The number of carboxylic acids is 2. The number of aliphatic hydroxyl groups is 4. The minimum atomic E-state index is -2.25. The van der Waals surface area contributed by atoms with Gasteiger partial charge < -0.3 is 52.7 Å². The second-order valence-electron chi connectivity index (χ2n) is 8.09. The zero-order valence-corrected chi connectivity index (χ0v) is 19.4. The van der Waals surface area contributed by atoms with Crippen LogP contribution in [-0.4, -0.2) is 116 Å². The molecule has 1 amide bonds. The molecule has 0 saturated carbocycles. The number of aliphatic hydroxyl groups excluding tert-OH is 4. The monoisotopic (exact) mass is 508 g/mol. The average molecular weight is 509 g/mol. The summed E-state index contributed by atoms with van der Waals surface area (Å²) < 4.78 is 0. The van der Waals surface area contributed by atoms with Gasteiger partial charge >= 0.3 is 11.9 Å². The Bertz CT molecular complexity index is 736. The summed E-state index contributed by atoms with van der Waals surface area (Å²) >= 11 is 0. The molecule has 7 atom stereocenters. The van der Waals surface area contributed by atoms with Crippen LogP contribution in [0.25, 0.3) is 0 Å². The first-order chi connectivity index (χ1) is 16.2. The van der Waals surface area contributed by atoms with Crippen LogP contribution in [0, 0.1) is 0 Å². The van der Waals surface area contributed by atoms with E-state index < -0.39 is 78.5 Å². The van der Waals surface area contributed by atoms with Crippen molar-refractivity contribution in [1.29, 1.82) is 0 Å². The Morgan fingerprint density at radius 3 is 1.91 bits per heavy atom. The van der Waals surface area contributed by atoms with Gasteiger partial charge in [0, 0.05) is 6.42 Å². The summed E-state index contributed by atoms with van der Waals surface area (Å²) in [6, 6.07) is -5.39. The van der Waals surface area contributed by atoms with E-state index in [1.165, 1.54) is 6.92 Å². The zero-order chi connectivity index (χ0) is 27.3. The van der Waals surface area contributed by atoms with Gasteiger partial charge in [0.25, 0.3) is 0 Å². The number of Topliss-reactive ketones (excluding diaryl/α,β-unsaturated/α-hetero) is 2. The molecule has 0 radical (unpaired) electrons. The number of nitrogens with two attached hydrogens (primary N) is 2. The molecule has 0 spiro atoms. The normalized spacial score (nSPS) is 17.3. The molecular weight excluding hydrogens is 472 g/mol. The maximum atomic E-state index is 12.9. The van der Waals surface area contributed by atoms with Crippen LogP contribution in [0.1, 0.15) is 39.0 Å². The van der Waals surface area contributed by atoms with E-state index in [1.807, 2.05) is 0 Å². The van der Waals surface area contributed by atoms with E-state index in [1.54, 1.807) is 0 Å². The first kappa shape index (κ1) is 32.5. The molecule has 0 saturated heterocycles. The smallest absolute Gasteiger partial charge is 0.320 e. The minimum absolute atomic E-state index is 0.00597. The van der Waals surface area contributed by atoms with Crippen LogP contribution in [0.5, 0.6) is 0 Å². The summed E-state index contributed by atoms with van der Waals surface area (Å²) in [6.45, 7) is 0.275. The quantitative estimate of drug-likeness (QED) is 0.0581. The van der Waals surface area contributed by atoms with Crippen LogP contribution in [-0.2, 0) is 24.0 Å². The van der Waals surface area contributed by atoms with Crippen LogP contribution in [0.2, 0.25) is 0 Å². The molecule has 0 aliphatic heterocycles. The molecule has 1 unspecified atom stereocenters. The lowest BCUT2D eigenvalue weighted by Crippen LogP contribution is -2.57. The van der Waals surface area contributed by atoms with Gasteiger partial charge in [-0.15, -0.1) is 0 Å². The second-order valence-corrected chi connectivity index (χ2v) is 8.09. The fourth-order valence-corrected chi connectivity index (χ4v) is 2.90. The molecule has 15 heteroatoms. The highest BCUT2D eigenvalue weighted by Crippen LogP contribution is 2.08. The summed E-state index contributed by atoms with van der Waals surface area (Å²) in [6.07, 6.45) is -6.01. The highest BCUT2D eigenvalue weighted by Gasteiger charge is 2.39. The minimum Gasteiger partial charge on any atom is -0.480 e. The number of carboxylic acid groups (broad SMARTS) is 2. The van der Waals surface area contributed by atoms with Crippen molar-refractivity contribution >= 4 is 29.4 Å². The summed E-state index contributed by atoms with van der Waals surface area (Å²) in [5, 5.41) is 60.8. The molecular formula is C20H36N4O11. The van der Waals surface area contributed by atoms with E-state index in [0.29, 0.717) is 6.42 Å². The van der Waals surface area contributed by atoms with Gasteiger partial charge in [-0.05, 0) is 32.7 Å². The third-order valence-corrected chi connectivity index (χ3v) is 5.18. The van der Waals surface area contributed by atoms with Crippen LogP contribution in [0.3, 0.4) is 0 Å². The van der Waals surface area contributed by atoms with Crippen LogP contribution in [0.15, 0.2) is 0 Å². The lowest BCUT2D eigenvalue weighted by atomic mass is 9.94. The molecule has 0 aromatic carbocycles. The van der Waals surface area contributed by atoms with Gasteiger partial charge in [-0.1, -0.05) is 6.42 Å². The highest BCUT2D eigenvalue weighted by molar-refractivity contribution is 6.10. The van der Waals surface area contributed by atoms with Crippen molar-refractivity contribution in [3.05, 3.63) is 0 Å². The molecule has 0 bridgehead atoms. The Hall–Kier alpha value is -2.53. The van der Waals surface area contributed by atoms with Gasteiger partial charge in [0.1, 0.15) is 36.4 Å². The standard InChI is InChI=1S/C20H36N4O11/c1-9(24-13(27)6-5-11(22)20(34)35)15(28)14(17(30)18(31)16(29)12(26)8-25)23-7-3-2-4-10(21)19(32)33/h9-12,14,16,18,23,25-26,29,31H,2-8,21-22H2,1H3,(H,24,27)(H,32,33)(H,34,35)/t9-,10-,11-,12+,14?,16+,18-/m0/s1. The van der Waals surface area contributed by atoms with E-state index in [2.05, 4.69) is 10.6 Å². The van der Waals surface area contributed by atoms with Gasteiger partial charge in [0.2, 0.25) is 5.91 Å². The van der Waals surface area contributed by atoms with Crippen LogP contribution >= 0.6 is 0 Å². The van der Waals surface area contributed by atoms with E-state index >= 15 is 0 Å². The number of hydrogen-bond acceptors (Lipinski definition) is 12. The fourth-order valence-electron chi connectivity index (χ4n) is 2.90. The van der Waals surface area contributed by atoms with Gasteiger partial charge in [-0.25, -0.2) is 0 Å². The Kier molecular flexibility index (Phi) is 15.0. The number of unbranched alkanes of at least 4 members (excludes halogenated alkanes) is 1. The Labute approximate surface area is 201 Å².